The minimum Gasteiger partial charge on any atom is -0.378 e. The van der Waals surface area contributed by atoms with Crippen molar-refractivity contribution in [1.29, 1.82) is 0 Å². The van der Waals surface area contributed by atoms with E-state index in [1.807, 2.05) is 11.8 Å². The number of sulfonamides is 1. The summed E-state index contributed by atoms with van der Waals surface area (Å²) in [7, 11) is -3.71. The lowest BCUT2D eigenvalue weighted by atomic mass is 10.2. The van der Waals surface area contributed by atoms with Crippen LogP contribution in [0.15, 0.2) is 40.0 Å². The maximum atomic E-state index is 13.1. The first kappa shape index (κ1) is 24.9. The molecule has 1 fully saturated rings. The number of carbonyl (C=O) groups excluding carboxylic acids is 1. The number of ether oxygens (including phenoxy) is 1. The second-order valence-corrected chi connectivity index (χ2v) is 9.54. The molecule has 0 unspecified atom stereocenters. The maximum absolute atomic E-state index is 13.1. The van der Waals surface area contributed by atoms with Crippen molar-refractivity contribution in [3.8, 4) is 0 Å². The molecule has 1 aliphatic heterocycles. The fourth-order valence-electron chi connectivity index (χ4n) is 3.70. The van der Waals surface area contributed by atoms with E-state index in [0.29, 0.717) is 63.7 Å². The van der Waals surface area contributed by atoms with Crippen molar-refractivity contribution in [2.45, 2.75) is 38.6 Å². The molecule has 1 aliphatic rings. The number of anilines is 2. The maximum Gasteiger partial charge on any atom is 0.276 e. The summed E-state index contributed by atoms with van der Waals surface area (Å²) < 4.78 is 34.2. The molecule has 2 aromatic rings. The van der Waals surface area contributed by atoms with E-state index in [1.54, 1.807) is 26.0 Å². The number of hydrogen-bond acceptors (Lipinski definition) is 7. The minimum atomic E-state index is -3.71. The number of amides is 1. The van der Waals surface area contributed by atoms with Crippen LogP contribution in [0, 0.1) is 0 Å². The number of rotatable bonds is 9. The molecule has 33 heavy (non-hydrogen) atoms. The number of morpholine rings is 1. The molecular formula is C22H31N5O5S. The first-order chi connectivity index (χ1) is 15.8. The SMILES string of the molecule is CCCn1nc(C(=O)Nc2cc(S(=O)(=O)N(CC)CC)ccc2N2CCOCC2)ccc1=O. The van der Waals surface area contributed by atoms with Gasteiger partial charge in [0.15, 0.2) is 0 Å². The van der Waals surface area contributed by atoms with E-state index in [9.17, 15) is 18.0 Å². The summed E-state index contributed by atoms with van der Waals surface area (Å²) in [5, 5.41) is 6.98. The number of hydrogen-bond donors (Lipinski definition) is 1. The smallest absolute Gasteiger partial charge is 0.276 e. The van der Waals surface area contributed by atoms with Crippen molar-refractivity contribution >= 4 is 27.3 Å². The Morgan fingerprint density at radius 2 is 1.82 bits per heavy atom. The van der Waals surface area contributed by atoms with E-state index in [1.165, 1.54) is 27.2 Å². The molecule has 11 heteroatoms. The molecule has 0 spiro atoms. The van der Waals surface area contributed by atoms with E-state index < -0.39 is 15.9 Å². The van der Waals surface area contributed by atoms with Gasteiger partial charge in [-0.15, -0.1) is 0 Å². The van der Waals surface area contributed by atoms with Crippen molar-refractivity contribution in [2.75, 3.05) is 49.6 Å². The van der Waals surface area contributed by atoms with E-state index in [-0.39, 0.29) is 16.1 Å². The Balaban J connectivity index is 2.01. The molecule has 0 atom stereocenters. The van der Waals surface area contributed by atoms with Crippen LogP contribution in [0.4, 0.5) is 11.4 Å². The van der Waals surface area contributed by atoms with E-state index in [2.05, 4.69) is 10.4 Å². The molecule has 1 aromatic heterocycles. The Kier molecular flexibility index (Phi) is 8.22. The zero-order valence-electron chi connectivity index (χ0n) is 19.3. The van der Waals surface area contributed by atoms with Gasteiger partial charge in [0.05, 0.1) is 29.5 Å². The molecule has 10 nitrogen and oxygen atoms in total. The third-order valence-electron chi connectivity index (χ3n) is 5.45. The molecule has 1 saturated heterocycles. The summed E-state index contributed by atoms with van der Waals surface area (Å²) in [4.78, 5) is 27.1. The summed E-state index contributed by atoms with van der Waals surface area (Å²) in [6.45, 7) is 8.87. The fourth-order valence-corrected chi connectivity index (χ4v) is 5.18. The number of carbonyl (C=O) groups is 1. The Morgan fingerprint density at radius 1 is 1.12 bits per heavy atom. The highest BCUT2D eigenvalue weighted by Gasteiger charge is 2.25. The quantitative estimate of drug-likeness (QED) is 0.585. The molecular weight excluding hydrogens is 446 g/mol. The van der Waals surface area contributed by atoms with E-state index in [4.69, 9.17) is 4.74 Å². The van der Waals surface area contributed by atoms with Crippen LogP contribution in [0.2, 0.25) is 0 Å². The van der Waals surface area contributed by atoms with Gasteiger partial charge >= 0.3 is 0 Å². The molecule has 0 saturated carbocycles. The van der Waals surface area contributed by atoms with Gasteiger partial charge in [-0.25, -0.2) is 13.1 Å². The molecule has 2 heterocycles. The second kappa shape index (κ2) is 10.9. The number of nitrogens with zero attached hydrogens (tertiary/aromatic N) is 4. The summed E-state index contributed by atoms with van der Waals surface area (Å²) in [5.74, 6) is -0.522. The van der Waals surface area contributed by atoms with E-state index in [0.717, 1.165) is 0 Å². The highest BCUT2D eigenvalue weighted by atomic mass is 32.2. The van der Waals surface area contributed by atoms with Crippen molar-refractivity contribution in [3.05, 3.63) is 46.4 Å². The van der Waals surface area contributed by atoms with Gasteiger partial charge in [0.1, 0.15) is 5.69 Å². The van der Waals surface area contributed by atoms with Gasteiger partial charge in [0.2, 0.25) is 10.0 Å². The van der Waals surface area contributed by atoms with Gasteiger partial charge in [0.25, 0.3) is 11.5 Å². The molecule has 180 valence electrons. The Labute approximate surface area is 194 Å². The van der Waals surface area contributed by atoms with Gasteiger partial charge in [-0.2, -0.15) is 9.40 Å². The summed E-state index contributed by atoms with van der Waals surface area (Å²) in [6, 6.07) is 7.44. The molecule has 3 rings (SSSR count). The average Bonchev–Trinajstić information content (AvgIpc) is 2.81. The van der Waals surface area contributed by atoms with Gasteiger partial charge in [-0.1, -0.05) is 20.8 Å². The second-order valence-electron chi connectivity index (χ2n) is 7.60. The van der Waals surface area contributed by atoms with Crippen LogP contribution in [0.25, 0.3) is 0 Å². The zero-order valence-corrected chi connectivity index (χ0v) is 20.1. The van der Waals surface area contributed by atoms with Crippen LogP contribution in [0.5, 0.6) is 0 Å². The predicted octanol–water partition coefficient (Wildman–Crippen LogP) is 1.77. The summed E-state index contributed by atoms with van der Waals surface area (Å²) in [6.07, 6.45) is 0.699. The standard InChI is InChI=1S/C22H31N5O5S/c1-4-11-27-21(28)10-8-18(24-27)22(29)23-19-16-17(33(30,31)26(5-2)6-3)7-9-20(19)25-12-14-32-15-13-25/h7-10,16H,4-6,11-15H2,1-3H3,(H,23,29). The van der Waals surface area contributed by atoms with Crippen LogP contribution in [-0.2, 0) is 21.3 Å². The van der Waals surface area contributed by atoms with E-state index >= 15 is 0 Å². The molecule has 1 amide bonds. The molecule has 0 aliphatic carbocycles. The first-order valence-electron chi connectivity index (χ1n) is 11.2. The monoisotopic (exact) mass is 477 g/mol. The Morgan fingerprint density at radius 3 is 2.45 bits per heavy atom. The third-order valence-corrected chi connectivity index (χ3v) is 7.49. The lowest BCUT2D eigenvalue weighted by Crippen LogP contribution is -2.37. The van der Waals surface area contributed by atoms with Gasteiger partial charge < -0.3 is 15.0 Å². The average molecular weight is 478 g/mol. The number of aromatic nitrogens is 2. The lowest BCUT2D eigenvalue weighted by molar-refractivity contribution is 0.101. The predicted molar refractivity (Wildman–Crippen MR) is 126 cm³/mol. The third kappa shape index (κ3) is 5.60. The minimum absolute atomic E-state index is 0.0768. The van der Waals surface area contributed by atoms with Crippen molar-refractivity contribution in [1.82, 2.24) is 14.1 Å². The summed E-state index contributed by atoms with van der Waals surface area (Å²) >= 11 is 0. The lowest BCUT2D eigenvalue weighted by Gasteiger charge is -2.31. The fraction of sp³-hybridized carbons (Fsp3) is 0.500. The number of nitrogens with one attached hydrogen (secondary N) is 1. The zero-order chi connectivity index (χ0) is 24.0. The Bertz CT molecular complexity index is 1140. The van der Waals surface area contributed by atoms with Crippen LogP contribution in [0.1, 0.15) is 37.7 Å². The molecule has 0 bridgehead atoms. The first-order valence-corrected chi connectivity index (χ1v) is 12.6. The molecule has 1 N–H and O–H groups in total. The molecule has 0 radical (unpaired) electrons. The van der Waals surface area contributed by atoms with Gasteiger partial charge in [0, 0.05) is 38.8 Å². The topological polar surface area (TPSA) is 114 Å². The normalized spacial score (nSPS) is 14.5. The highest BCUT2D eigenvalue weighted by molar-refractivity contribution is 7.89. The van der Waals surface area contributed by atoms with Crippen LogP contribution in [0.3, 0.4) is 0 Å². The summed E-state index contributed by atoms with van der Waals surface area (Å²) in [5.41, 5.74) is 0.861. The van der Waals surface area contributed by atoms with Gasteiger partial charge in [-0.05, 0) is 30.7 Å². The van der Waals surface area contributed by atoms with Crippen LogP contribution >= 0.6 is 0 Å². The Hall–Kier alpha value is -2.76. The van der Waals surface area contributed by atoms with Gasteiger partial charge in [-0.3, -0.25) is 9.59 Å². The largest absolute Gasteiger partial charge is 0.378 e. The van der Waals surface area contributed by atoms with Crippen molar-refractivity contribution < 1.29 is 17.9 Å². The van der Waals surface area contributed by atoms with Crippen LogP contribution in [-0.4, -0.2) is 67.8 Å². The number of aryl methyl sites for hydroxylation is 1. The van der Waals surface area contributed by atoms with Crippen molar-refractivity contribution in [2.24, 2.45) is 0 Å². The molecule has 1 aromatic carbocycles. The number of benzene rings is 1. The van der Waals surface area contributed by atoms with Crippen molar-refractivity contribution in [3.63, 3.8) is 0 Å². The van der Waals surface area contributed by atoms with Crippen LogP contribution < -0.4 is 15.8 Å². The highest BCUT2D eigenvalue weighted by Crippen LogP contribution is 2.31.